The van der Waals surface area contributed by atoms with Gasteiger partial charge in [0.2, 0.25) is 0 Å². The Kier molecular flexibility index (Phi) is 6.70. The predicted octanol–water partition coefficient (Wildman–Crippen LogP) is 7.09. The van der Waals surface area contributed by atoms with Gasteiger partial charge in [0.15, 0.2) is 0 Å². The van der Waals surface area contributed by atoms with E-state index in [-0.39, 0.29) is 17.4 Å². The number of ketones is 1. The van der Waals surface area contributed by atoms with Gasteiger partial charge in [-0.2, -0.15) is 26.3 Å². The normalized spacial score (nSPS) is 22.7. The highest BCUT2D eigenvalue weighted by Gasteiger charge is 2.42. The molecule has 2 nitrogen and oxygen atoms in total. The molecule has 0 aromatic heterocycles. The summed E-state index contributed by atoms with van der Waals surface area (Å²) in [5.41, 5.74) is -2.47. The lowest BCUT2D eigenvalue weighted by Crippen LogP contribution is -2.25. The van der Waals surface area contributed by atoms with Crippen molar-refractivity contribution < 1.29 is 40.3 Å². The number of ether oxygens (including phenoxy) is 1. The van der Waals surface area contributed by atoms with E-state index in [4.69, 9.17) is 4.74 Å². The van der Waals surface area contributed by atoms with Gasteiger partial charge in [-0.3, -0.25) is 4.79 Å². The van der Waals surface area contributed by atoms with E-state index in [1.165, 1.54) is 38.1 Å². The first-order valence-corrected chi connectivity index (χ1v) is 9.98. The van der Waals surface area contributed by atoms with E-state index in [1.807, 2.05) is 0 Å². The minimum Gasteiger partial charge on any atom is -0.370 e. The van der Waals surface area contributed by atoms with E-state index >= 15 is 0 Å². The summed E-state index contributed by atoms with van der Waals surface area (Å²) in [4.78, 5) is 12.1. The van der Waals surface area contributed by atoms with Gasteiger partial charge in [-0.15, -0.1) is 0 Å². The standard InChI is InChI=1S/C23H21F7O2/c1-12(31)19-7-8-20(21(19)14-3-5-18(24)6-4-14)32-13(2)15-9-16(22(25,26)27)11-17(10-15)23(28,29)30/h3-6,9-11,13,19-21H,7-8H2,1-2H3/t13?,19-,20-,21?/m0/s1. The molecule has 2 aromatic rings. The van der Waals surface area contributed by atoms with E-state index in [1.54, 1.807) is 0 Å². The van der Waals surface area contributed by atoms with Crippen molar-refractivity contribution in [2.45, 2.75) is 57.2 Å². The van der Waals surface area contributed by atoms with Crippen molar-refractivity contribution in [1.82, 2.24) is 0 Å². The Hall–Kier alpha value is -2.42. The molecule has 0 saturated heterocycles. The number of carbonyl (C=O) groups excluding carboxylic acids is 1. The van der Waals surface area contributed by atoms with Gasteiger partial charge in [-0.05, 0) is 68.1 Å². The monoisotopic (exact) mass is 462 g/mol. The number of halogens is 7. The molecule has 9 heteroatoms. The molecule has 2 aromatic carbocycles. The van der Waals surface area contributed by atoms with Gasteiger partial charge in [-0.25, -0.2) is 4.39 Å². The van der Waals surface area contributed by atoms with Crippen LogP contribution in [0.3, 0.4) is 0 Å². The molecule has 174 valence electrons. The SMILES string of the molecule is CC(=O)[C@@H]1CC[C@H](OC(C)c2cc(C(F)(F)F)cc(C(F)(F)F)c2)C1c1ccc(F)cc1. The zero-order valence-corrected chi connectivity index (χ0v) is 17.2. The summed E-state index contributed by atoms with van der Waals surface area (Å²) in [6.07, 6.45) is -10.8. The van der Waals surface area contributed by atoms with Crippen LogP contribution in [0.2, 0.25) is 0 Å². The summed E-state index contributed by atoms with van der Waals surface area (Å²) in [6.45, 7) is 2.79. The van der Waals surface area contributed by atoms with Crippen molar-refractivity contribution in [3.8, 4) is 0 Å². The Morgan fingerprint density at radius 3 is 1.94 bits per heavy atom. The molecule has 1 fully saturated rings. The van der Waals surface area contributed by atoms with Crippen LogP contribution < -0.4 is 0 Å². The lowest BCUT2D eigenvalue weighted by Gasteiger charge is -2.28. The molecule has 0 amide bonds. The minimum atomic E-state index is -4.96. The number of benzene rings is 2. The fraction of sp³-hybridized carbons (Fsp3) is 0.435. The minimum absolute atomic E-state index is 0.0683. The predicted molar refractivity (Wildman–Crippen MR) is 102 cm³/mol. The smallest absolute Gasteiger partial charge is 0.370 e. The van der Waals surface area contributed by atoms with Crippen molar-refractivity contribution in [3.05, 3.63) is 70.5 Å². The van der Waals surface area contributed by atoms with Crippen LogP contribution in [-0.2, 0) is 21.9 Å². The third-order valence-corrected chi connectivity index (χ3v) is 5.83. The molecule has 0 bridgehead atoms. The fourth-order valence-corrected chi connectivity index (χ4v) is 4.26. The second-order valence-corrected chi connectivity index (χ2v) is 8.03. The zero-order chi connectivity index (χ0) is 23.8. The first-order chi connectivity index (χ1) is 14.8. The lowest BCUT2D eigenvalue weighted by molar-refractivity contribution is -0.143. The van der Waals surface area contributed by atoms with Crippen LogP contribution in [0.25, 0.3) is 0 Å². The first kappa shape index (κ1) is 24.2. The maximum absolute atomic E-state index is 13.3. The Labute approximate surface area is 180 Å². The van der Waals surface area contributed by atoms with Crippen LogP contribution in [0.4, 0.5) is 30.7 Å². The molecule has 1 aliphatic carbocycles. The summed E-state index contributed by atoms with van der Waals surface area (Å²) in [5.74, 6) is -1.51. The molecule has 3 rings (SSSR count). The lowest BCUT2D eigenvalue weighted by atomic mass is 9.85. The Bertz CT molecular complexity index is 932. The van der Waals surface area contributed by atoms with Gasteiger partial charge >= 0.3 is 12.4 Å². The molecule has 0 radical (unpaired) electrons. The van der Waals surface area contributed by atoms with Crippen LogP contribution in [0.15, 0.2) is 42.5 Å². The molecule has 0 heterocycles. The average molecular weight is 462 g/mol. The maximum Gasteiger partial charge on any atom is 0.416 e. The number of hydrogen-bond donors (Lipinski definition) is 0. The molecule has 1 aliphatic rings. The summed E-state index contributed by atoms with van der Waals surface area (Å²) in [6, 6.07) is 6.83. The van der Waals surface area contributed by atoms with Crippen LogP contribution >= 0.6 is 0 Å². The zero-order valence-electron chi connectivity index (χ0n) is 17.2. The third-order valence-electron chi connectivity index (χ3n) is 5.83. The van der Waals surface area contributed by atoms with E-state index in [0.717, 1.165) is 0 Å². The maximum atomic E-state index is 13.3. The van der Waals surface area contributed by atoms with E-state index < -0.39 is 53.3 Å². The number of rotatable bonds is 5. The van der Waals surface area contributed by atoms with Gasteiger partial charge < -0.3 is 4.74 Å². The van der Waals surface area contributed by atoms with Gasteiger partial charge in [0, 0.05) is 11.8 Å². The summed E-state index contributed by atoms with van der Waals surface area (Å²) >= 11 is 0. The van der Waals surface area contributed by atoms with Gasteiger partial charge in [-0.1, -0.05) is 12.1 Å². The summed E-state index contributed by atoms with van der Waals surface area (Å²) < 4.78 is 98.4. The highest BCUT2D eigenvalue weighted by Crippen LogP contribution is 2.45. The number of carbonyl (C=O) groups is 1. The topological polar surface area (TPSA) is 26.3 Å². The largest absolute Gasteiger partial charge is 0.416 e. The van der Waals surface area contributed by atoms with Crippen molar-refractivity contribution >= 4 is 5.78 Å². The fourth-order valence-electron chi connectivity index (χ4n) is 4.26. The molecule has 0 spiro atoms. The first-order valence-electron chi connectivity index (χ1n) is 9.98. The highest BCUT2D eigenvalue weighted by atomic mass is 19.4. The van der Waals surface area contributed by atoms with Crippen molar-refractivity contribution in [1.29, 1.82) is 0 Å². The molecular weight excluding hydrogens is 441 g/mol. The Morgan fingerprint density at radius 2 is 1.47 bits per heavy atom. The van der Waals surface area contributed by atoms with Gasteiger partial charge in [0.05, 0.1) is 23.3 Å². The summed E-state index contributed by atoms with van der Waals surface area (Å²) in [7, 11) is 0. The molecule has 0 aliphatic heterocycles. The Balaban J connectivity index is 1.93. The van der Waals surface area contributed by atoms with Gasteiger partial charge in [0.1, 0.15) is 11.6 Å². The summed E-state index contributed by atoms with van der Waals surface area (Å²) in [5, 5.41) is 0. The molecule has 2 unspecified atom stereocenters. The number of hydrogen-bond acceptors (Lipinski definition) is 2. The molecule has 1 saturated carbocycles. The molecule has 32 heavy (non-hydrogen) atoms. The van der Waals surface area contributed by atoms with Crippen molar-refractivity contribution in [3.63, 3.8) is 0 Å². The van der Waals surface area contributed by atoms with Crippen molar-refractivity contribution in [2.75, 3.05) is 0 Å². The molecule has 4 atom stereocenters. The van der Waals surface area contributed by atoms with Crippen molar-refractivity contribution in [2.24, 2.45) is 5.92 Å². The van der Waals surface area contributed by atoms with Gasteiger partial charge in [0.25, 0.3) is 0 Å². The van der Waals surface area contributed by atoms with Crippen LogP contribution in [0.1, 0.15) is 61.0 Å². The van der Waals surface area contributed by atoms with Crippen LogP contribution in [-0.4, -0.2) is 11.9 Å². The highest BCUT2D eigenvalue weighted by molar-refractivity contribution is 5.80. The quantitative estimate of drug-likeness (QED) is 0.444. The molecular formula is C23H21F7O2. The number of alkyl halides is 6. The second kappa shape index (κ2) is 8.84. The molecule has 0 N–H and O–H groups in total. The van der Waals surface area contributed by atoms with Crippen LogP contribution in [0.5, 0.6) is 0 Å². The third kappa shape index (κ3) is 5.31. The Morgan fingerprint density at radius 1 is 0.938 bits per heavy atom. The second-order valence-electron chi connectivity index (χ2n) is 8.03. The average Bonchev–Trinajstić information content (AvgIpc) is 3.10. The number of Topliss-reactive ketones (excluding diaryl/α,β-unsaturated/α-hetero) is 1. The van der Waals surface area contributed by atoms with E-state index in [0.29, 0.717) is 30.5 Å². The van der Waals surface area contributed by atoms with E-state index in [2.05, 4.69) is 0 Å². The van der Waals surface area contributed by atoms with Crippen LogP contribution in [0, 0.1) is 11.7 Å². The van der Waals surface area contributed by atoms with E-state index in [9.17, 15) is 35.5 Å².